The van der Waals surface area contributed by atoms with Crippen molar-refractivity contribution in [2.24, 2.45) is 0 Å². The second-order valence-corrected chi connectivity index (χ2v) is 5.18. The van der Waals surface area contributed by atoms with E-state index in [1.54, 1.807) is 0 Å². The monoisotopic (exact) mass is 263 g/mol. The highest BCUT2D eigenvalue weighted by atomic mass is 15.1. The van der Waals surface area contributed by atoms with E-state index in [1.807, 2.05) is 24.3 Å². The molecule has 0 saturated carbocycles. The molecule has 0 amide bonds. The SMILES string of the molecule is CN1CCc2cc(CNc3ccc(C#N)cc3)ccc21. The number of rotatable bonds is 3. The normalized spacial score (nSPS) is 12.9. The number of benzene rings is 2. The van der Waals surface area contributed by atoms with Crippen LogP contribution in [0.15, 0.2) is 42.5 Å². The summed E-state index contributed by atoms with van der Waals surface area (Å²) < 4.78 is 0. The number of likely N-dealkylation sites (N-methyl/N-ethyl adjacent to an activating group) is 1. The fourth-order valence-corrected chi connectivity index (χ4v) is 2.60. The Hall–Kier alpha value is -2.47. The van der Waals surface area contributed by atoms with Crippen molar-refractivity contribution in [2.75, 3.05) is 23.8 Å². The molecule has 2 aromatic carbocycles. The lowest BCUT2D eigenvalue weighted by molar-refractivity contribution is 0.955. The van der Waals surface area contributed by atoms with E-state index in [9.17, 15) is 0 Å². The molecule has 1 aliphatic heterocycles. The maximum Gasteiger partial charge on any atom is 0.0991 e. The topological polar surface area (TPSA) is 39.1 Å². The highest BCUT2D eigenvalue weighted by molar-refractivity contribution is 5.59. The molecule has 2 aromatic rings. The number of nitriles is 1. The highest BCUT2D eigenvalue weighted by Gasteiger charge is 2.15. The highest BCUT2D eigenvalue weighted by Crippen LogP contribution is 2.27. The molecule has 3 heteroatoms. The molecule has 0 spiro atoms. The van der Waals surface area contributed by atoms with E-state index in [1.165, 1.54) is 16.8 Å². The second kappa shape index (κ2) is 5.26. The van der Waals surface area contributed by atoms with Gasteiger partial charge in [0.1, 0.15) is 0 Å². The smallest absolute Gasteiger partial charge is 0.0991 e. The zero-order valence-electron chi connectivity index (χ0n) is 11.6. The van der Waals surface area contributed by atoms with E-state index >= 15 is 0 Å². The van der Waals surface area contributed by atoms with Crippen LogP contribution in [0.1, 0.15) is 16.7 Å². The molecule has 20 heavy (non-hydrogen) atoms. The Morgan fingerprint density at radius 2 is 2.00 bits per heavy atom. The van der Waals surface area contributed by atoms with E-state index in [2.05, 4.69) is 41.5 Å². The van der Waals surface area contributed by atoms with Gasteiger partial charge in [0.2, 0.25) is 0 Å². The van der Waals surface area contributed by atoms with Crippen LogP contribution in [0.5, 0.6) is 0 Å². The van der Waals surface area contributed by atoms with Crippen molar-refractivity contribution in [1.82, 2.24) is 0 Å². The van der Waals surface area contributed by atoms with Gasteiger partial charge in [-0.1, -0.05) is 12.1 Å². The van der Waals surface area contributed by atoms with Gasteiger partial charge in [0, 0.05) is 31.5 Å². The summed E-state index contributed by atoms with van der Waals surface area (Å²) in [6, 6.07) is 16.4. The van der Waals surface area contributed by atoms with Gasteiger partial charge in [0.05, 0.1) is 11.6 Å². The molecule has 0 saturated heterocycles. The molecule has 0 bridgehead atoms. The standard InChI is InChI=1S/C17H17N3/c1-20-9-8-15-10-14(4-7-17(15)20)12-19-16-5-2-13(11-18)3-6-16/h2-7,10,19H,8-9,12H2,1H3. The van der Waals surface area contributed by atoms with Crippen molar-refractivity contribution in [2.45, 2.75) is 13.0 Å². The summed E-state index contributed by atoms with van der Waals surface area (Å²) in [7, 11) is 2.14. The Balaban J connectivity index is 1.68. The van der Waals surface area contributed by atoms with E-state index in [-0.39, 0.29) is 0 Å². The van der Waals surface area contributed by atoms with Crippen molar-refractivity contribution >= 4 is 11.4 Å². The third-order valence-corrected chi connectivity index (χ3v) is 3.78. The fourth-order valence-electron chi connectivity index (χ4n) is 2.60. The average Bonchev–Trinajstić information content (AvgIpc) is 2.87. The van der Waals surface area contributed by atoms with Gasteiger partial charge in [0.15, 0.2) is 0 Å². The first kappa shape index (κ1) is 12.6. The van der Waals surface area contributed by atoms with Crippen LogP contribution >= 0.6 is 0 Å². The van der Waals surface area contributed by atoms with Crippen molar-refractivity contribution in [1.29, 1.82) is 5.26 Å². The molecule has 3 nitrogen and oxygen atoms in total. The molecule has 0 atom stereocenters. The summed E-state index contributed by atoms with van der Waals surface area (Å²) in [4.78, 5) is 2.30. The molecule has 100 valence electrons. The predicted molar refractivity (Wildman–Crippen MR) is 81.9 cm³/mol. The Labute approximate surface area is 119 Å². The summed E-state index contributed by atoms with van der Waals surface area (Å²) in [5.74, 6) is 0. The van der Waals surface area contributed by atoms with Crippen LogP contribution in [-0.2, 0) is 13.0 Å². The van der Waals surface area contributed by atoms with Crippen molar-refractivity contribution < 1.29 is 0 Å². The maximum atomic E-state index is 8.77. The minimum atomic E-state index is 0.691. The first-order valence-electron chi connectivity index (χ1n) is 6.83. The molecular weight excluding hydrogens is 246 g/mol. The molecule has 0 radical (unpaired) electrons. The Morgan fingerprint density at radius 1 is 1.20 bits per heavy atom. The van der Waals surface area contributed by atoms with Crippen molar-refractivity contribution in [3.63, 3.8) is 0 Å². The Morgan fingerprint density at radius 3 is 2.75 bits per heavy atom. The predicted octanol–water partition coefficient (Wildman–Crippen LogP) is 3.16. The quantitative estimate of drug-likeness (QED) is 0.924. The largest absolute Gasteiger partial charge is 0.381 e. The van der Waals surface area contributed by atoms with Crippen LogP contribution in [0.25, 0.3) is 0 Å². The zero-order chi connectivity index (χ0) is 13.9. The summed E-state index contributed by atoms with van der Waals surface area (Å²) in [6.45, 7) is 1.92. The van der Waals surface area contributed by atoms with Gasteiger partial charge in [-0.15, -0.1) is 0 Å². The Bertz CT molecular complexity index is 653. The Kier molecular flexibility index (Phi) is 3.30. The number of hydrogen-bond acceptors (Lipinski definition) is 3. The van der Waals surface area contributed by atoms with Gasteiger partial charge in [-0.05, 0) is 47.9 Å². The average molecular weight is 263 g/mol. The van der Waals surface area contributed by atoms with E-state index in [4.69, 9.17) is 5.26 Å². The van der Waals surface area contributed by atoms with Crippen LogP contribution in [-0.4, -0.2) is 13.6 Å². The minimum Gasteiger partial charge on any atom is -0.381 e. The first-order chi connectivity index (χ1) is 9.76. The number of hydrogen-bond donors (Lipinski definition) is 1. The van der Waals surface area contributed by atoms with Crippen LogP contribution in [0, 0.1) is 11.3 Å². The van der Waals surface area contributed by atoms with Gasteiger partial charge in [0.25, 0.3) is 0 Å². The summed E-state index contributed by atoms with van der Waals surface area (Å²) in [5, 5.41) is 12.2. The van der Waals surface area contributed by atoms with Gasteiger partial charge in [-0.2, -0.15) is 5.26 Å². The maximum absolute atomic E-state index is 8.77. The molecule has 1 N–H and O–H groups in total. The summed E-state index contributed by atoms with van der Waals surface area (Å²) >= 11 is 0. The van der Waals surface area contributed by atoms with Crippen LogP contribution < -0.4 is 10.2 Å². The van der Waals surface area contributed by atoms with Gasteiger partial charge < -0.3 is 10.2 Å². The summed E-state index contributed by atoms with van der Waals surface area (Å²) in [6.07, 6.45) is 1.14. The molecule has 0 aromatic heterocycles. The van der Waals surface area contributed by atoms with Crippen LogP contribution in [0.3, 0.4) is 0 Å². The lowest BCUT2D eigenvalue weighted by atomic mass is 10.1. The fraction of sp³-hybridized carbons (Fsp3) is 0.235. The first-order valence-corrected chi connectivity index (χ1v) is 6.83. The lowest BCUT2D eigenvalue weighted by Gasteiger charge is -2.12. The van der Waals surface area contributed by atoms with E-state index in [0.717, 1.165) is 25.2 Å². The molecule has 1 heterocycles. The summed E-state index contributed by atoms with van der Waals surface area (Å²) in [5.41, 5.74) is 5.82. The molecule has 0 fully saturated rings. The third-order valence-electron chi connectivity index (χ3n) is 3.78. The van der Waals surface area contributed by atoms with Crippen molar-refractivity contribution in [3.05, 3.63) is 59.2 Å². The number of anilines is 2. The minimum absolute atomic E-state index is 0.691. The van der Waals surface area contributed by atoms with Crippen LogP contribution in [0.4, 0.5) is 11.4 Å². The molecule has 0 aliphatic carbocycles. The lowest BCUT2D eigenvalue weighted by Crippen LogP contribution is -2.12. The van der Waals surface area contributed by atoms with Crippen LogP contribution in [0.2, 0.25) is 0 Å². The zero-order valence-corrected chi connectivity index (χ0v) is 11.6. The van der Waals surface area contributed by atoms with Gasteiger partial charge in [-0.25, -0.2) is 0 Å². The molecule has 0 unspecified atom stereocenters. The number of fused-ring (bicyclic) bond motifs is 1. The third kappa shape index (κ3) is 2.46. The molecular formula is C17H17N3. The van der Waals surface area contributed by atoms with E-state index in [0.29, 0.717) is 5.56 Å². The van der Waals surface area contributed by atoms with Crippen molar-refractivity contribution in [3.8, 4) is 6.07 Å². The van der Waals surface area contributed by atoms with Gasteiger partial charge in [-0.3, -0.25) is 0 Å². The van der Waals surface area contributed by atoms with E-state index < -0.39 is 0 Å². The molecule has 3 rings (SSSR count). The number of nitrogens with zero attached hydrogens (tertiary/aromatic N) is 2. The molecule has 1 aliphatic rings. The number of nitrogens with one attached hydrogen (secondary N) is 1. The second-order valence-electron chi connectivity index (χ2n) is 5.18. The van der Waals surface area contributed by atoms with Gasteiger partial charge >= 0.3 is 0 Å².